The third-order valence-corrected chi connectivity index (χ3v) is 5.04. The van der Waals surface area contributed by atoms with Crippen LogP contribution in [0, 0.1) is 15.2 Å². The van der Waals surface area contributed by atoms with E-state index in [1.165, 1.54) is 41.6 Å². The quantitative estimate of drug-likeness (QED) is 0.477. The Hall–Kier alpha value is -1.45. The fourth-order valence-electron chi connectivity index (χ4n) is 1.90. The predicted octanol–water partition coefficient (Wildman–Crippen LogP) is 4.63. The van der Waals surface area contributed by atoms with Gasteiger partial charge in [-0.25, -0.2) is 8.78 Å². The Kier molecular flexibility index (Phi) is 6.59. The van der Waals surface area contributed by atoms with E-state index in [1.54, 1.807) is 6.07 Å². The van der Waals surface area contributed by atoms with Gasteiger partial charge >= 0.3 is 0 Å². The van der Waals surface area contributed by atoms with Crippen LogP contribution in [0.3, 0.4) is 0 Å². The van der Waals surface area contributed by atoms with Crippen molar-refractivity contribution in [2.75, 3.05) is 5.32 Å². The molecule has 1 unspecified atom stereocenters. The maximum atomic E-state index is 13.5. The molecule has 0 aromatic heterocycles. The van der Waals surface area contributed by atoms with Gasteiger partial charge in [-0.2, -0.15) is 0 Å². The molecule has 132 valence electrons. The highest BCUT2D eigenvalue weighted by atomic mass is 127. The van der Waals surface area contributed by atoms with Gasteiger partial charge in [0, 0.05) is 5.69 Å². The average Bonchev–Trinajstić information content (AvgIpc) is 2.54. The number of anilines is 1. The Balaban J connectivity index is 2.08. The van der Waals surface area contributed by atoms with Crippen LogP contribution in [-0.2, 0) is 4.79 Å². The van der Waals surface area contributed by atoms with Crippen molar-refractivity contribution >= 4 is 63.3 Å². The normalized spacial score (nSPS) is 11.8. The summed E-state index contributed by atoms with van der Waals surface area (Å²) < 4.78 is 26.8. The first-order valence-corrected chi connectivity index (χ1v) is 8.74. The summed E-state index contributed by atoms with van der Waals surface area (Å²) in [6.07, 6.45) is 0. The zero-order valence-corrected chi connectivity index (χ0v) is 16.3. The number of carbonyl (C=O) groups excluding carboxylic acids is 2. The predicted molar refractivity (Wildman–Crippen MR) is 101 cm³/mol. The molecule has 0 fully saturated rings. The smallest absolute Gasteiger partial charge is 0.253 e. The van der Waals surface area contributed by atoms with Crippen molar-refractivity contribution in [3.8, 4) is 0 Å². The minimum atomic E-state index is -0.979. The summed E-state index contributed by atoms with van der Waals surface area (Å²) in [6.45, 7) is 1.42. The van der Waals surface area contributed by atoms with Gasteiger partial charge in [0.2, 0.25) is 5.91 Å². The topological polar surface area (TPSA) is 58.2 Å². The monoisotopic (exact) mass is 498 g/mol. The van der Waals surface area contributed by atoms with E-state index in [0.717, 1.165) is 12.1 Å². The van der Waals surface area contributed by atoms with Crippen molar-refractivity contribution in [1.82, 2.24) is 5.32 Å². The van der Waals surface area contributed by atoms with Gasteiger partial charge in [0.05, 0.1) is 19.2 Å². The zero-order valence-electron chi connectivity index (χ0n) is 12.7. The molecule has 0 aliphatic rings. The lowest BCUT2D eigenvalue weighted by Gasteiger charge is -2.15. The van der Waals surface area contributed by atoms with E-state index in [0.29, 0.717) is 0 Å². The van der Waals surface area contributed by atoms with Crippen LogP contribution < -0.4 is 10.6 Å². The van der Waals surface area contributed by atoms with E-state index in [2.05, 4.69) is 10.6 Å². The molecule has 0 aliphatic heterocycles. The van der Waals surface area contributed by atoms with E-state index in [1.807, 2.05) is 0 Å². The Labute approximate surface area is 166 Å². The van der Waals surface area contributed by atoms with E-state index >= 15 is 0 Å². The highest BCUT2D eigenvalue weighted by Crippen LogP contribution is 2.25. The number of benzene rings is 2. The van der Waals surface area contributed by atoms with Gasteiger partial charge in [0.15, 0.2) is 0 Å². The van der Waals surface area contributed by atoms with Gasteiger partial charge < -0.3 is 10.6 Å². The van der Waals surface area contributed by atoms with Crippen molar-refractivity contribution in [2.45, 2.75) is 13.0 Å². The van der Waals surface area contributed by atoms with Crippen LogP contribution in [0.1, 0.15) is 17.3 Å². The van der Waals surface area contributed by atoms with Gasteiger partial charge in [-0.1, -0.05) is 29.3 Å². The summed E-state index contributed by atoms with van der Waals surface area (Å²) in [4.78, 5) is 24.3. The van der Waals surface area contributed by atoms with Crippen molar-refractivity contribution in [3.63, 3.8) is 0 Å². The number of rotatable bonds is 4. The third-order valence-electron chi connectivity index (χ3n) is 3.19. The van der Waals surface area contributed by atoms with Crippen LogP contribution in [0.4, 0.5) is 14.5 Å². The molecule has 0 saturated heterocycles. The van der Waals surface area contributed by atoms with E-state index in [9.17, 15) is 18.4 Å². The number of carbonyl (C=O) groups is 2. The molecule has 2 N–H and O–H groups in total. The molecule has 0 aliphatic carbocycles. The fourth-order valence-corrected chi connectivity index (χ4v) is 2.60. The molecule has 4 nitrogen and oxygen atoms in total. The summed E-state index contributed by atoms with van der Waals surface area (Å²) in [5.74, 6) is -2.83. The molecule has 0 bridgehead atoms. The third kappa shape index (κ3) is 4.80. The first-order chi connectivity index (χ1) is 11.7. The molecule has 0 spiro atoms. The molecule has 2 rings (SSSR count). The Bertz CT molecular complexity index is 826. The number of hydrogen-bond donors (Lipinski definition) is 2. The maximum absolute atomic E-state index is 13.5. The van der Waals surface area contributed by atoms with Gasteiger partial charge in [-0.15, -0.1) is 0 Å². The first-order valence-electron chi connectivity index (χ1n) is 6.91. The Morgan fingerprint density at radius 1 is 1.16 bits per heavy atom. The largest absolute Gasteiger partial charge is 0.340 e. The average molecular weight is 499 g/mol. The van der Waals surface area contributed by atoms with Gasteiger partial charge in [0.1, 0.15) is 17.7 Å². The summed E-state index contributed by atoms with van der Waals surface area (Å²) in [5, 5.41) is 5.05. The second kappa shape index (κ2) is 8.29. The molecule has 9 heteroatoms. The molecular formula is C16H11Cl2F2IN2O2. The van der Waals surface area contributed by atoms with Crippen molar-refractivity contribution in [2.24, 2.45) is 0 Å². The van der Waals surface area contributed by atoms with Crippen LogP contribution in [0.5, 0.6) is 0 Å². The highest BCUT2D eigenvalue weighted by Gasteiger charge is 2.20. The molecule has 0 radical (unpaired) electrons. The van der Waals surface area contributed by atoms with Crippen LogP contribution in [0.25, 0.3) is 0 Å². The molecule has 2 aromatic carbocycles. The van der Waals surface area contributed by atoms with E-state index in [-0.39, 0.29) is 24.9 Å². The lowest BCUT2D eigenvalue weighted by molar-refractivity contribution is -0.117. The molecule has 2 amide bonds. The van der Waals surface area contributed by atoms with Crippen LogP contribution in [0.2, 0.25) is 10.0 Å². The maximum Gasteiger partial charge on any atom is 0.253 e. The second-order valence-electron chi connectivity index (χ2n) is 5.04. The van der Waals surface area contributed by atoms with Gasteiger partial charge in [0.25, 0.3) is 5.91 Å². The summed E-state index contributed by atoms with van der Waals surface area (Å²) in [6, 6.07) is 5.53. The van der Waals surface area contributed by atoms with E-state index in [4.69, 9.17) is 23.2 Å². The number of halogens is 5. The first kappa shape index (κ1) is 19.9. The SMILES string of the molecule is CC(NC(=O)c1cccc(Cl)c1Cl)C(=O)Nc1cc(F)c(I)c(F)c1. The molecule has 2 aromatic rings. The Morgan fingerprint density at radius 2 is 1.76 bits per heavy atom. The van der Waals surface area contributed by atoms with Crippen molar-refractivity contribution < 1.29 is 18.4 Å². The lowest BCUT2D eigenvalue weighted by Crippen LogP contribution is -2.41. The molecule has 0 heterocycles. The number of nitrogens with one attached hydrogen (secondary N) is 2. The van der Waals surface area contributed by atoms with Crippen LogP contribution >= 0.6 is 45.8 Å². The number of hydrogen-bond acceptors (Lipinski definition) is 2. The summed E-state index contributed by atoms with van der Waals surface area (Å²) in [7, 11) is 0. The lowest BCUT2D eigenvalue weighted by atomic mass is 10.2. The van der Waals surface area contributed by atoms with Crippen molar-refractivity contribution in [1.29, 1.82) is 0 Å². The van der Waals surface area contributed by atoms with Gasteiger partial charge in [-0.3, -0.25) is 9.59 Å². The van der Waals surface area contributed by atoms with Crippen LogP contribution in [-0.4, -0.2) is 17.9 Å². The molecule has 25 heavy (non-hydrogen) atoms. The summed E-state index contributed by atoms with van der Waals surface area (Å²) in [5.41, 5.74) is 0.0578. The standard InChI is InChI=1S/C16H11Cl2F2IN2O2/c1-7(22-16(25)9-3-2-4-10(17)13(9)18)15(24)23-8-5-11(19)14(21)12(20)6-8/h2-7H,1H3,(H,22,25)(H,23,24). The zero-order chi connectivity index (χ0) is 18.7. The van der Waals surface area contributed by atoms with Crippen molar-refractivity contribution in [3.05, 3.63) is 61.1 Å². The summed E-state index contributed by atoms with van der Waals surface area (Å²) >= 11 is 13.3. The minimum absolute atomic E-state index is 0.0534. The Morgan fingerprint density at radius 3 is 2.36 bits per heavy atom. The highest BCUT2D eigenvalue weighted by molar-refractivity contribution is 14.1. The second-order valence-corrected chi connectivity index (χ2v) is 6.90. The van der Waals surface area contributed by atoms with Gasteiger partial charge in [-0.05, 0) is 53.8 Å². The minimum Gasteiger partial charge on any atom is -0.340 e. The van der Waals surface area contributed by atoms with E-state index < -0.39 is 29.5 Å². The molecule has 0 saturated carbocycles. The molecule has 1 atom stereocenters. The molecular weight excluding hydrogens is 488 g/mol. The number of amides is 2. The van der Waals surface area contributed by atoms with Crippen LogP contribution in [0.15, 0.2) is 30.3 Å². The fraction of sp³-hybridized carbons (Fsp3) is 0.125.